The van der Waals surface area contributed by atoms with Crippen LogP contribution in [0, 0.1) is 13.8 Å². The van der Waals surface area contributed by atoms with Gasteiger partial charge in [0.2, 0.25) is 5.91 Å². The monoisotopic (exact) mass is 430 g/mol. The summed E-state index contributed by atoms with van der Waals surface area (Å²) in [5, 5.41) is 14.8. The number of benzene rings is 1. The third-order valence-electron chi connectivity index (χ3n) is 4.61. The van der Waals surface area contributed by atoms with Gasteiger partial charge in [0.1, 0.15) is 10.9 Å². The molecule has 0 saturated heterocycles. The van der Waals surface area contributed by atoms with Crippen LogP contribution in [0.5, 0.6) is 0 Å². The highest BCUT2D eigenvalue weighted by Gasteiger charge is 2.22. The molecule has 0 unspecified atom stereocenters. The minimum atomic E-state index is -0.283. The summed E-state index contributed by atoms with van der Waals surface area (Å²) in [6.45, 7) is 5.87. The molecule has 0 fully saturated rings. The molecule has 0 spiro atoms. The van der Waals surface area contributed by atoms with Crippen LogP contribution in [0.3, 0.4) is 0 Å². The van der Waals surface area contributed by atoms with Gasteiger partial charge in [-0.25, -0.2) is 0 Å². The minimum absolute atomic E-state index is 0.0682. The molecule has 0 aliphatic rings. The smallest absolute Gasteiger partial charge is 0.237 e. The van der Waals surface area contributed by atoms with Crippen LogP contribution in [0.15, 0.2) is 40.7 Å². The van der Waals surface area contributed by atoms with E-state index in [9.17, 15) is 4.79 Å². The first-order valence-electron chi connectivity index (χ1n) is 8.93. The van der Waals surface area contributed by atoms with E-state index in [1.807, 2.05) is 32.9 Å². The van der Waals surface area contributed by atoms with Gasteiger partial charge in [-0.05, 0) is 55.5 Å². The zero-order valence-corrected chi connectivity index (χ0v) is 18.1. The van der Waals surface area contributed by atoms with E-state index in [-0.39, 0.29) is 11.2 Å². The Kier molecular flexibility index (Phi) is 5.31. The van der Waals surface area contributed by atoms with Gasteiger partial charge in [-0.2, -0.15) is 0 Å². The molecular weight excluding hydrogens is 412 g/mol. The van der Waals surface area contributed by atoms with E-state index < -0.39 is 0 Å². The lowest BCUT2D eigenvalue weighted by Gasteiger charge is -2.15. The number of anilines is 1. The number of nitrogens with one attached hydrogen (secondary N) is 1. The van der Waals surface area contributed by atoms with Crippen LogP contribution in [0.25, 0.3) is 15.7 Å². The predicted molar refractivity (Wildman–Crippen MR) is 118 cm³/mol. The Bertz CT molecular complexity index is 1180. The molecule has 3 heterocycles. The number of amides is 1. The second-order valence-corrected chi connectivity index (χ2v) is 9.10. The number of thiophene rings is 1. The summed E-state index contributed by atoms with van der Waals surface area (Å²) in [6, 6.07) is 9.74. The Balaban J connectivity index is 1.62. The molecule has 4 aromatic rings. The first-order chi connectivity index (χ1) is 13.5. The van der Waals surface area contributed by atoms with Crippen LogP contribution in [0.2, 0.25) is 5.02 Å². The van der Waals surface area contributed by atoms with E-state index in [1.165, 1.54) is 16.5 Å². The maximum absolute atomic E-state index is 12.8. The summed E-state index contributed by atoms with van der Waals surface area (Å²) in [7, 11) is 0. The molecule has 28 heavy (non-hydrogen) atoms. The molecule has 3 aromatic heterocycles. The van der Waals surface area contributed by atoms with Crippen molar-refractivity contribution in [2.24, 2.45) is 0 Å². The van der Waals surface area contributed by atoms with E-state index in [1.54, 1.807) is 17.4 Å². The molecule has 0 aliphatic carbocycles. The molecule has 5 nitrogen and oxygen atoms in total. The standard InChI is InChI=1S/C20H19ClN4OS2/c1-4-17(19(26)22-13-6-5-11(2)14(21)9-13)28-20-16-10-18-15(7-8-27-18)25(16)12(3)23-24-20/h5-10,17H,4H2,1-3H3,(H,22,26)/t17-/m1/s1. The average molecular weight is 431 g/mol. The number of carbonyl (C=O) groups is 1. The van der Waals surface area contributed by atoms with Crippen molar-refractivity contribution in [1.29, 1.82) is 0 Å². The molecule has 0 aliphatic heterocycles. The number of carbonyl (C=O) groups excluding carboxylic acids is 1. The van der Waals surface area contributed by atoms with Gasteiger partial charge >= 0.3 is 0 Å². The Morgan fingerprint density at radius 1 is 1.25 bits per heavy atom. The van der Waals surface area contributed by atoms with E-state index in [0.29, 0.717) is 17.1 Å². The Morgan fingerprint density at radius 3 is 2.82 bits per heavy atom. The maximum atomic E-state index is 12.8. The van der Waals surface area contributed by atoms with Crippen molar-refractivity contribution >= 4 is 62.0 Å². The Morgan fingerprint density at radius 2 is 2.07 bits per heavy atom. The topological polar surface area (TPSA) is 59.3 Å². The van der Waals surface area contributed by atoms with Gasteiger partial charge in [-0.3, -0.25) is 9.20 Å². The molecule has 1 aromatic carbocycles. The van der Waals surface area contributed by atoms with Crippen molar-refractivity contribution in [2.75, 3.05) is 5.32 Å². The van der Waals surface area contributed by atoms with E-state index in [4.69, 9.17) is 11.6 Å². The van der Waals surface area contributed by atoms with Crippen molar-refractivity contribution in [2.45, 2.75) is 37.5 Å². The number of aromatic nitrogens is 3. The second-order valence-electron chi connectivity index (χ2n) is 6.56. The van der Waals surface area contributed by atoms with Gasteiger partial charge in [0.25, 0.3) is 0 Å². The lowest BCUT2D eigenvalue weighted by atomic mass is 10.2. The minimum Gasteiger partial charge on any atom is -0.325 e. The molecule has 1 atom stereocenters. The molecule has 1 amide bonds. The van der Waals surface area contributed by atoms with Crippen LogP contribution in [-0.4, -0.2) is 25.8 Å². The van der Waals surface area contributed by atoms with Gasteiger partial charge in [0, 0.05) is 10.7 Å². The molecule has 4 rings (SSSR count). The highest BCUT2D eigenvalue weighted by atomic mass is 35.5. The predicted octanol–water partition coefficient (Wildman–Crippen LogP) is 5.72. The summed E-state index contributed by atoms with van der Waals surface area (Å²) in [6.07, 6.45) is 0.673. The van der Waals surface area contributed by atoms with Crippen LogP contribution >= 0.6 is 34.7 Å². The van der Waals surface area contributed by atoms with Crippen molar-refractivity contribution in [1.82, 2.24) is 14.6 Å². The SMILES string of the molecule is CC[C@@H](Sc1nnc(C)n2c1cc1sccc12)C(=O)Nc1ccc(C)c(Cl)c1. The normalized spacial score (nSPS) is 12.6. The molecule has 0 radical (unpaired) electrons. The molecule has 0 bridgehead atoms. The summed E-state index contributed by atoms with van der Waals surface area (Å²) in [4.78, 5) is 12.8. The quantitative estimate of drug-likeness (QED) is 0.411. The summed E-state index contributed by atoms with van der Waals surface area (Å²) in [5.74, 6) is 0.765. The van der Waals surface area contributed by atoms with E-state index in [2.05, 4.69) is 37.4 Å². The summed E-state index contributed by atoms with van der Waals surface area (Å²) < 4.78 is 3.29. The maximum Gasteiger partial charge on any atom is 0.237 e. The number of rotatable bonds is 5. The number of hydrogen-bond donors (Lipinski definition) is 1. The average Bonchev–Trinajstić information content (AvgIpc) is 3.25. The third kappa shape index (κ3) is 3.50. The fourth-order valence-electron chi connectivity index (χ4n) is 3.08. The lowest BCUT2D eigenvalue weighted by molar-refractivity contribution is -0.115. The number of fused-ring (bicyclic) bond motifs is 3. The molecular formula is C20H19ClN4OS2. The largest absolute Gasteiger partial charge is 0.325 e. The van der Waals surface area contributed by atoms with Crippen LogP contribution < -0.4 is 5.32 Å². The van der Waals surface area contributed by atoms with Crippen molar-refractivity contribution in [3.63, 3.8) is 0 Å². The van der Waals surface area contributed by atoms with Gasteiger partial charge in [0.15, 0.2) is 0 Å². The number of hydrogen-bond acceptors (Lipinski definition) is 5. The fourth-order valence-corrected chi connectivity index (χ4v) is 5.02. The number of halogens is 1. The van der Waals surface area contributed by atoms with Crippen LogP contribution in [0.4, 0.5) is 5.69 Å². The van der Waals surface area contributed by atoms with Gasteiger partial charge in [-0.15, -0.1) is 21.5 Å². The molecule has 144 valence electrons. The second kappa shape index (κ2) is 7.73. The van der Waals surface area contributed by atoms with E-state index in [0.717, 1.165) is 27.4 Å². The summed E-state index contributed by atoms with van der Waals surface area (Å²) >= 11 is 9.31. The van der Waals surface area contributed by atoms with Crippen molar-refractivity contribution < 1.29 is 4.79 Å². The number of thioether (sulfide) groups is 1. The number of aryl methyl sites for hydroxylation is 2. The number of nitrogens with zero attached hydrogens (tertiary/aromatic N) is 3. The fraction of sp³-hybridized carbons (Fsp3) is 0.250. The van der Waals surface area contributed by atoms with Crippen LogP contribution in [-0.2, 0) is 4.79 Å². The van der Waals surface area contributed by atoms with Crippen molar-refractivity contribution in [3.05, 3.63) is 52.1 Å². The highest BCUT2D eigenvalue weighted by Crippen LogP contribution is 2.33. The first-order valence-corrected chi connectivity index (χ1v) is 11.1. The molecule has 0 saturated carbocycles. The summed E-state index contributed by atoms with van der Waals surface area (Å²) in [5.41, 5.74) is 3.79. The van der Waals surface area contributed by atoms with E-state index >= 15 is 0 Å². The Labute approximate surface area is 176 Å². The lowest BCUT2D eigenvalue weighted by Crippen LogP contribution is -2.24. The van der Waals surface area contributed by atoms with Gasteiger partial charge in [0.05, 0.1) is 21.0 Å². The zero-order valence-electron chi connectivity index (χ0n) is 15.7. The Hall–Kier alpha value is -2.09. The van der Waals surface area contributed by atoms with Gasteiger partial charge in [-0.1, -0.05) is 36.4 Å². The van der Waals surface area contributed by atoms with Crippen LogP contribution in [0.1, 0.15) is 24.7 Å². The zero-order chi connectivity index (χ0) is 19.8. The molecule has 8 heteroatoms. The van der Waals surface area contributed by atoms with Crippen molar-refractivity contribution in [3.8, 4) is 0 Å². The van der Waals surface area contributed by atoms with Gasteiger partial charge < -0.3 is 5.32 Å². The third-order valence-corrected chi connectivity index (χ3v) is 7.21. The first kappa shape index (κ1) is 19.2. The molecule has 1 N–H and O–H groups in total. The highest BCUT2D eigenvalue weighted by molar-refractivity contribution is 8.00.